The lowest BCUT2D eigenvalue weighted by molar-refractivity contribution is 0.0465. The molecule has 1 fully saturated rings. The third-order valence-electron chi connectivity index (χ3n) is 3.89. The van der Waals surface area contributed by atoms with Crippen molar-refractivity contribution in [3.63, 3.8) is 0 Å². The number of hydrogen-bond donors (Lipinski definition) is 0. The summed E-state index contributed by atoms with van der Waals surface area (Å²) in [4.78, 5) is 13.9. The predicted molar refractivity (Wildman–Crippen MR) is 86.8 cm³/mol. The van der Waals surface area contributed by atoms with Gasteiger partial charge in [0.05, 0.1) is 12.2 Å². The van der Waals surface area contributed by atoms with Gasteiger partial charge < -0.3 is 9.32 Å². The van der Waals surface area contributed by atoms with E-state index in [1.165, 1.54) is 0 Å². The zero-order valence-electron chi connectivity index (χ0n) is 12.1. The normalized spacial score (nSPS) is 14.7. The second kappa shape index (κ2) is 5.66. The van der Waals surface area contributed by atoms with E-state index in [1.54, 1.807) is 17.0 Å². The van der Waals surface area contributed by atoms with Gasteiger partial charge in [-0.15, -0.1) is 5.10 Å². The van der Waals surface area contributed by atoms with Crippen LogP contribution in [-0.2, 0) is 0 Å². The fourth-order valence-electron chi connectivity index (χ4n) is 2.57. The Balaban J connectivity index is 1.42. The molecule has 1 amide bonds. The fraction of sp³-hybridized carbons (Fsp3) is 0.188. The number of rotatable bonds is 3. The molecule has 4 rings (SSSR count). The molecule has 7 heteroatoms. The molecule has 23 heavy (non-hydrogen) atoms. The van der Waals surface area contributed by atoms with E-state index >= 15 is 0 Å². The van der Waals surface area contributed by atoms with Gasteiger partial charge in [-0.25, -0.2) is 4.68 Å². The first-order valence-corrected chi connectivity index (χ1v) is 8.02. The van der Waals surface area contributed by atoms with E-state index in [2.05, 4.69) is 26.2 Å². The largest absolute Gasteiger partial charge is 0.444 e. The number of likely N-dealkylation sites (tertiary alicyclic amines) is 1. The summed E-state index contributed by atoms with van der Waals surface area (Å²) in [5.41, 5.74) is 1.87. The topological polar surface area (TPSA) is 64.2 Å². The van der Waals surface area contributed by atoms with Gasteiger partial charge in [0, 0.05) is 18.7 Å². The average Bonchev–Trinajstić information content (AvgIpc) is 3.16. The van der Waals surface area contributed by atoms with E-state index in [0.717, 1.165) is 11.3 Å². The maximum atomic E-state index is 12.2. The number of carbonyl (C=O) groups is 1. The van der Waals surface area contributed by atoms with Crippen molar-refractivity contribution in [1.29, 1.82) is 0 Å². The highest BCUT2D eigenvalue weighted by molar-refractivity contribution is 9.10. The summed E-state index contributed by atoms with van der Waals surface area (Å²) >= 11 is 3.20. The SMILES string of the molecule is O=C(c1ccc(Br)o1)N1CC(n2cc(-c3ccccc3)nn2)C1. The number of carbonyl (C=O) groups excluding carboxylic acids is 1. The minimum atomic E-state index is -0.102. The number of nitrogens with zero attached hydrogens (tertiary/aromatic N) is 4. The Morgan fingerprint density at radius 3 is 2.65 bits per heavy atom. The van der Waals surface area contributed by atoms with Crippen LogP contribution in [0.5, 0.6) is 0 Å². The quantitative estimate of drug-likeness (QED) is 0.708. The monoisotopic (exact) mass is 372 g/mol. The first kappa shape index (κ1) is 14.2. The average molecular weight is 373 g/mol. The highest BCUT2D eigenvalue weighted by Gasteiger charge is 2.34. The number of amides is 1. The third kappa shape index (κ3) is 2.68. The van der Waals surface area contributed by atoms with Crippen molar-refractivity contribution in [3.05, 3.63) is 59.1 Å². The molecule has 1 aliphatic heterocycles. The Morgan fingerprint density at radius 1 is 1.17 bits per heavy atom. The van der Waals surface area contributed by atoms with E-state index in [0.29, 0.717) is 23.5 Å². The van der Waals surface area contributed by atoms with Crippen molar-refractivity contribution in [2.45, 2.75) is 6.04 Å². The molecule has 0 radical (unpaired) electrons. The van der Waals surface area contributed by atoms with E-state index in [4.69, 9.17) is 4.42 Å². The third-order valence-corrected chi connectivity index (χ3v) is 4.31. The molecular weight excluding hydrogens is 360 g/mol. The molecule has 116 valence electrons. The van der Waals surface area contributed by atoms with Crippen LogP contribution in [0.15, 0.2) is 57.7 Å². The molecule has 2 aromatic heterocycles. The van der Waals surface area contributed by atoms with Crippen molar-refractivity contribution in [3.8, 4) is 11.3 Å². The second-order valence-corrected chi connectivity index (χ2v) is 6.20. The highest BCUT2D eigenvalue weighted by Crippen LogP contribution is 2.25. The van der Waals surface area contributed by atoms with Crippen LogP contribution in [0, 0.1) is 0 Å². The molecule has 6 nitrogen and oxygen atoms in total. The zero-order valence-corrected chi connectivity index (χ0v) is 13.7. The second-order valence-electron chi connectivity index (χ2n) is 5.42. The molecule has 1 aliphatic rings. The van der Waals surface area contributed by atoms with Crippen molar-refractivity contribution in [2.24, 2.45) is 0 Å². The molecular formula is C16H13BrN4O2. The van der Waals surface area contributed by atoms with Crippen LogP contribution in [-0.4, -0.2) is 38.9 Å². The molecule has 0 unspecified atom stereocenters. The van der Waals surface area contributed by atoms with Gasteiger partial charge in [0.2, 0.25) is 0 Å². The predicted octanol–water partition coefficient (Wildman–Crippen LogP) is 3.00. The molecule has 0 saturated carbocycles. The lowest BCUT2D eigenvalue weighted by atomic mass is 10.1. The van der Waals surface area contributed by atoms with Gasteiger partial charge in [0.15, 0.2) is 10.4 Å². The van der Waals surface area contributed by atoms with Crippen LogP contribution in [0.4, 0.5) is 0 Å². The molecule has 0 spiro atoms. The van der Waals surface area contributed by atoms with Crippen LogP contribution < -0.4 is 0 Å². The van der Waals surface area contributed by atoms with Crippen molar-refractivity contribution in [1.82, 2.24) is 19.9 Å². The first-order chi connectivity index (χ1) is 11.2. The Bertz CT molecular complexity index is 837. The van der Waals surface area contributed by atoms with Gasteiger partial charge in [0.25, 0.3) is 5.91 Å². The van der Waals surface area contributed by atoms with Gasteiger partial charge >= 0.3 is 0 Å². The summed E-state index contributed by atoms with van der Waals surface area (Å²) in [5, 5.41) is 8.39. The molecule has 3 heterocycles. The number of hydrogen-bond acceptors (Lipinski definition) is 4. The van der Waals surface area contributed by atoms with Crippen molar-refractivity contribution in [2.75, 3.05) is 13.1 Å². The number of aromatic nitrogens is 3. The maximum Gasteiger partial charge on any atom is 0.289 e. The minimum absolute atomic E-state index is 0.102. The maximum absolute atomic E-state index is 12.2. The van der Waals surface area contributed by atoms with E-state index in [-0.39, 0.29) is 11.9 Å². The lowest BCUT2D eigenvalue weighted by Gasteiger charge is -2.38. The van der Waals surface area contributed by atoms with Gasteiger partial charge in [-0.3, -0.25) is 4.79 Å². The molecule has 0 bridgehead atoms. The van der Waals surface area contributed by atoms with Gasteiger partial charge in [-0.1, -0.05) is 35.5 Å². The summed E-state index contributed by atoms with van der Waals surface area (Å²) in [7, 11) is 0. The zero-order chi connectivity index (χ0) is 15.8. The Labute approximate surface area is 140 Å². The summed E-state index contributed by atoms with van der Waals surface area (Å²) in [6, 6.07) is 13.5. The number of furan rings is 1. The standard InChI is InChI=1S/C16H13BrN4O2/c17-15-7-6-14(23-15)16(22)20-8-12(9-20)21-10-13(18-19-21)11-4-2-1-3-5-11/h1-7,10,12H,8-9H2. The van der Waals surface area contributed by atoms with Crippen molar-refractivity contribution < 1.29 is 9.21 Å². The summed E-state index contributed by atoms with van der Waals surface area (Å²) in [5.74, 6) is 0.245. The van der Waals surface area contributed by atoms with Gasteiger partial charge in [0.1, 0.15) is 5.69 Å². The Morgan fingerprint density at radius 2 is 1.96 bits per heavy atom. The van der Waals surface area contributed by atoms with E-state index in [1.807, 2.05) is 41.2 Å². The van der Waals surface area contributed by atoms with Crippen LogP contribution in [0.25, 0.3) is 11.3 Å². The van der Waals surface area contributed by atoms with Gasteiger partial charge in [-0.05, 0) is 28.1 Å². The smallest absolute Gasteiger partial charge is 0.289 e. The van der Waals surface area contributed by atoms with Crippen molar-refractivity contribution >= 4 is 21.8 Å². The van der Waals surface area contributed by atoms with E-state index < -0.39 is 0 Å². The highest BCUT2D eigenvalue weighted by atomic mass is 79.9. The summed E-state index contributed by atoms with van der Waals surface area (Å²) in [6.07, 6.45) is 1.92. The summed E-state index contributed by atoms with van der Waals surface area (Å²) < 4.78 is 7.68. The molecule has 1 saturated heterocycles. The minimum Gasteiger partial charge on any atom is -0.444 e. The molecule has 3 aromatic rings. The molecule has 0 N–H and O–H groups in total. The molecule has 1 aromatic carbocycles. The van der Waals surface area contributed by atoms with E-state index in [9.17, 15) is 4.79 Å². The van der Waals surface area contributed by atoms with Gasteiger partial charge in [-0.2, -0.15) is 0 Å². The first-order valence-electron chi connectivity index (χ1n) is 7.22. The summed E-state index contributed by atoms with van der Waals surface area (Å²) in [6.45, 7) is 1.21. The van der Waals surface area contributed by atoms with Crippen LogP contribution in [0.2, 0.25) is 0 Å². The number of benzene rings is 1. The Kier molecular flexibility index (Phi) is 3.49. The van der Waals surface area contributed by atoms with Crippen LogP contribution >= 0.6 is 15.9 Å². The Hall–Kier alpha value is -2.41. The lowest BCUT2D eigenvalue weighted by Crippen LogP contribution is -2.50. The fourth-order valence-corrected chi connectivity index (χ4v) is 2.88. The number of halogens is 1. The van der Waals surface area contributed by atoms with Crippen LogP contribution in [0.1, 0.15) is 16.6 Å². The molecule has 0 aliphatic carbocycles. The van der Waals surface area contributed by atoms with Crippen LogP contribution in [0.3, 0.4) is 0 Å². The molecule has 0 atom stereocenters.